The number of carbonyl (C=O) groups is 2. The highest BCUT2D eigenvalue weighted by molar-refractivity contribution is 5.76. The molecule has 14 heavy (non-hydrogen) atoms. The molecular weight excluding hydrogens is 182 g/mol. The van der Waals surface area contributed by atoms with Crippen LogP contribution < -0.4 is 5.73 Å². The number of methoxy groups -OCH3 is 1. The van der Waals surface area contributed by atoms with Gasteiger partial charge in [0.2, 0.25) is 5.91 Å². The van der Waals surface area contributed by atoms with Gasteiger partial charge in [-0.05, 0) is 18.3 Å². The number of nitrogens with two attached hydrogens (primary N) is 1. The lowest BCUT2D eigenvalue weighted by Crippen LogP contribution is -2.28. The monoisotopic (exact) mass is 199 g/mol. The summed E-state index contributed by atoms with van der Waals surface area (Å²) < 4.78 is 4.63. The minimum absolute atomic E-state index is 0.209. The Balaban J connectivity index is 2.61. The van der Waals surface area contributed by atoms with Gasteiger partial charge in [0, 0.05) is 6.42 Å². The zero-order valence-electron chi connectivity index (χ0n) is 8.54. The lowest BCUT2D eigenvalue weighted by Gasteiger charge is -2.25. The standard InChI is InChI=1S/C10H17NO3/c1-14-9(13)7-10(6-8(11)12)4-2-3-5-10/h2-7H2,1H3,(H2,11,12). The molecule has 1 aliphatic rings. The van der Waals surface area contributed by atoms with Crippen LogP contribution in [0.3, 0.4) is 0 Å². The summed E-state index contributed by atoms with van der Waals surface area (Å²) in [7, 11) is 1.37. The maximum absolute atomic E-state index is 11.2. The molecule has 0 atom stereocenters. The van der Waals surface area contributed by atoms with E-state index in [0.29, 0.717) is 12.8 Å². The molecule has 1 amide bonds. The summed E-state index contributed by atoms with van der Waals surface area (Å²) in [6.45, 7) is 0. The van der Waals surface area contributed by atoms with Crippen LogP contribution in [0.15, 0.2) is 0 Å². The summed E-state index contributed by atoms with van der Waals surface area (Å²) in [5.74, 6) is -0.566. The second-order valence-corrected chi connectivity index (χ2v) is 4.10. The van der Waals surface area contributed by atoms with E-state index < -0.39 is 0 Å². The van der Waals surface area contributed by atoms with Crippen molar-refractivity contribution in [2.45, 2.75) is 38.5 Å². The third kappa shape index (κ3) is 2.72. The molecule has 0 unspecified atom stereocenters. The van der Waals surface area contributed by atoms with Gasteiger partial charge in [0.15, 0.2) is 0 Å². The van der Waals surface area contributed by atoms with Crippen molar-refractivity contribution < 1.29 is 14.3 Å². The summed E-state index contributed by atoms with van der Waals surface area (Å²) in [5, 5.41) is 0. The fraction of sp³-hybridized carbons (Fsp3) is 0.800. The van der Waals surface area contributed by atoms with Crippen LogP contribution in [-0.2, 0) is 14.3 Å². The fourth-order valence-electron chi connectivity index (χ4n) is 2.29. The molecule has 0 aromatic rings. The van der Waals surface area contributed by atoms with Crippen molar-refractivity contribution >= 4 is 11.9 Å². The lowest BCUT2D eigenvalue weighted by molar-refractivity contribution is -0.143. The Hall–Kier alpha value is -1.06. The van der Waals surface area contributed by atoms with Crippen LogP contribution in [-0.4, -0.2) is 19.0 Å². The van der Waals surface area contributed by atoms with Gasteiger partial charge >= 0.3 is 5.97 Å². The molecule has 0 heterocycles. The molecule has 1 saturated carbocycles. The molecule has 80 valence electrons. The van der Waals surface area contributed by atoms with E-state index in [1.807, 2.05) is 0 Å². The zero-order valence-corrected chi connectivity index (χ0v) is 8.54. The highest BCUT2D eigenvalue weighted by Crippen LogP contribution is 2.43. The number of rotatable bonds is 4. The molecule has 0 radical (unpaired) electrons. The number of esters is 1. The van der Waals surface area contributed by atoms with Crippen molar-refractivity contribution in [3.8, 4) is 0 Å². The van der Waals surface area contributed by atoms with Gasteiger partial charge in [-0.15, -0.1) is 0 Å². The van der Waals surface area contributed by atoms with Gasteiger partial charge in [0.05, 0.1) is 13.5 Å². The van der Waals surface area contributed by atoms with Crippen LogP contribution in [0.4, 0.5) is 0 Å². The average Bonchev–Trinajstić information content (AvgIpc) is 2.51. The Morgan fingerprint density at radius 3 is 2.29 bits per heavy atom. The first kappa shape index (κ1) is 11.0. The Morgan fingerprint density at radius 1 is 1.29 bits per heavy atom. The molecule has 4 nitrogen and oxygen atoms in total. The summed E-state index contributed by atoms with van der Waals surface area (Å²) >= 11 is 0. The van der Waals surface area contributed by atoms with Crippen LogP contribution in [0.2, 0.25) is 0 Å². The van der Waals surface area contributed by atoms with Gasteiger partial charge in [-0.1, -0.05) is 12.8 Å². The predicted octanol–water partition coefficient (Wildman–Crippen LogP) is 0.985. The van der Waals surface area contributed by atoms with Crippen molar-refractivity contribution in [1.82, 2.24) is 0 Å². The number of hydrogen-bond donors (Lipinski definition) is 1. The molecule has 0 bridgehead atoms. The van der Waals surface area contributed by atoms with Crippen molar-refractivity contribution in [3.05, 3.63) is 0 Å². The second-order valence-electron chi connectivity index (χ2n) is 4.10. The third-order valence-corrected chi connectivity index (χ3v) is 2.96. The molecule has 0 aliphatic heterocycles. The van der Waals surface area contributed by atoms with Crippen molar-refractivity contribution in [2.75, 3.05) is 7.11 Å². The number of carbonyl (C=O) groups excluding carboxylic acids is 2. The minimum atomic E-state index is -0.323. The van der Waals surface area contributed by atoms with Gasteiger partial charge in [0.25, 0.3) is 0 Å². The Labute approximate surface area is 83.8 Å². The maximum Gasteiger partial charge on any atom is 0.306 e. The molecule has 4 heteroatoms. The van der Waals surface area contributed by atoms with Crippen molar-refractivity contribution in [2.24, 2.45) is 11.1 Å². The number of hydrogen-bond acceptors (Lipinski definition) is 3. The summed E-state index contributed by atoms with van der Waals surface area (Å²) in [6.07, 6.45) is 4.60. The van der Waals surface area contributed by atoms with E-state index in [1.165, 1.54) is 7.11 Å². The molecule has 1 fully saturated rings. The molecule has 0 spiro atoms. The number of primary amides is 1. The van der Waals surface area contributed by atoms with Gasteiger partial charge in [-0.25, -0.2) is 0 Å². The summed E-state index contributed by atoms with van der Waals surface area (Å²) in [6, 6.07) is 0. The van der Waals surface area contributed by atoms with Gasteiger partial charge in [-0.3, -0.25) is 9.59 Å². The van der Waals surface area contributed by atoms with Crippen molar-refractivity contribution in [3.63, 3.8) is 0 Å². The van der Waals surface area contributed by atoms with E-state index in [-0.39, 0.29) is 17.3 Å². The zero-order chi connectivity index (χ0) is 10.6. The number of amides is 1. The molecule has 0 aromatic carbocycles. The average molecular weight is 199 g/mol. The molecular formula is C10H17NO3. The first-order valence-corrected chi connectivity index (χ1v) is 4.93. The van der Waals surface area contributed by atoms with Gasteiger partial charge in [0.1, 0.15) is 0 Å². The molecule has 0 aromatic heterocycles. The largest absolute Gasteiger partial charge is 0.469 e. The van der Waals surface area contributed by atoms with Crippen LogP contribution >= 0.6 is 0 Å². The van der Waals surface area contributed by atoms with Gasteiger partial charge in [-0.2, -0.15) is 0 Å². The van der Waals surface area contributed by atoms with Gasteiger partial charge < -0.3 is 10.5 Å². The van der Waals surface area contributed by atoms with E-state index >= 15 is 0 Å². The summed E-state index contributed by atoms with van der Waals surface area (Å²) in [4.78, 5) is 22.1. The van der Waals surface area contributed by atoms with E-state index in [9.17, 15) is 9.59 Å². The highest BCUT2D eigenvalue weighted by atomic mass is 16.5. The molecule has 0 saturated heterocycles. The van der Waals surface area contributed by atoms with E-state index in [4.69, 9.17) is 5.73 Å². The molecule has 1 aliphatic carbocycles. The third-order valence-electron chi connectivity index (χ3n) is 2.96. The molecule has 2 N–H and O–H groups in total. The predicted molar refractivity (Wildman–Crippen MR) is 51.3 cm³/mol. The smallest absolute Gasteiger partial charge is 0.306 e. The second kappa shape index (κ2) is 4.44. The topological polar surface area (TPSA) is 69.4 Å². The van der Waals surface area contributed by atoms with Crippen LogP contribution in [0, 0.1) is 5.41 Å². The Morgan fingerprint density at radius 2 is 1.86 bits per heavy atom. The fourth-order valence-corrected chi connectivity index (χ4v) is 2.29. The molecule has 1 rings (SSSR count). The quantitative estimate of drug-likeness (QED) is 0.686. The van der Waals surface area contributed by atoms with E-state index in [0.717, 1.165) is 25.7 Å². The Kier molecular flexibility index (Phi) is 3.49. The SMILES string of the molecule is COC(=O)CC1(CC(N)=O)CCCC1. The van der Waals surface area contributed by atoms with E-state index in [2.05, 4.69) is 4.74 Å². The van der Waals surface area contributed by atoms with Crippen LogP contribution in [0.1, 0.15) is 38.5 Å². The minimum Gasteiger partial charge on any atom is -0.469 e. The number of ether oxygens (including phenoxy) is 1. The highest BCUT2D eigenvalue weighted by Gasteiger charge is 2.37. The first-order valence-electron chi connectivity index (χ1n) is 4.93. The van der Waals surface area contributed by atoms with Crippen molar-refractivity contribution in [1.29, 1.82) is 0 Å². The Bertz CT molecular complexity index is 232. The lowest BCUT2D eigenvalue weighted by atomic mass is 9.79. The maximum atomic E-state index is 11.2. The van der Waals surface area contributed by atoms with Crippen LogP contribution in [0.25, 0.3) is 0 Å². The van der Waals surface area contributed by atoms with Crippen LogP contribution in [0.5, 0.6) is 0 Å². The van der Waals surface area contributed by atoms with E-state index in [1.54, 1.807) is 0 Å². The summed E-state index contributed by atoms with van der Waals surface area (Å²) in [5.41, 5.74) is 4.97. The normalized spacial score (nSPS) is 19.2. The first-order chi connectivity index (χ1) is 6.58.